The molecule has 0 aromatic heterocycles. The van der Waals surface area contributed by atoms with Gasteiger partial charge in [0.2, 0.25) is 0 Å². The van der Waals surface area contributed by atoms with Crippen LogP contribution in [-0.4, -0.2) is 24.0 Å². The molecule has 1 aromatic rings. The van der Waals surface area contributed by atoms with Crippen LogP contribution in [0.4, 0.5) is 0 Å². The van der Waals surface area contributed by atoms with Crippen molar-refractivity contribution in [3.05, 3.63) is 34.9 Å². The molecule has 3 heteroatoms. The summed E-state index contributed by atoms with van der Waals surface area (Å²) >= 11 is 6.09. The number of benzene rings is 1. The van der Waals surface area contributed by atoms with Crippen molar-refractivity contribution in [2.75, 3.05) is 13.6 Å². The molecule has 0 saturated heterocycles. The van der Waals surface area contributed by atoms with Crippen LogP contribution in [0.5, 0.6) is 0 Å². The SMILES string of the molecule is CN(Cc1cccc(Cl)c1)C1(CN)CCCCCCC1. The smallest absolute Gasteiger partial charge is 0.0409 e. The molecule has 112 valence electrons. The lowest BCUT2D eigenvalue weighted by atomic mass is 9.82. The molecule has 2 N–H and O–H groups in total. The summed E-state index contributed by atoms with van der Waals surface area (Å²) < 4.78 is 0. The summed E-state index contributed by atoms with van der Waals surface area (Å²) in [6.07, 6.45) is 9.15. The highest BCUT2D eigenvalue weighted by Gasteiger charge is 2.32. The zero-order chi connectivity index (χ0) is 14.4. The molecule has 1 aliphatic carbocycles. The molecule has 1 fully saturated rings. The fourth-order valence-electron chi connectivity index (χ4n) is 3.38. The summed E-state index contributed by atoms with van der Waals surface area (Å²) in [6.45, 7) is 1.68. The van der Waals surface area contributed by atoms with Crippen LogP contribution in [0.3, 0.4) is 0 Å². The second-order valence-corrected chi connectivity index (χ2v) is 6.62. The van der Waals surface area contributed by atoms with Crippen molar-refractivity contribution < 1.29 is 0 Å². The van der Waals surface area contributed by atoms with Gasteiger partial charge in [-0.05, 0) is 37.6 Å². The van der Waals surface area contributed by atoms with Crippen LogP contribution in [0.1, 0.15) is 50.5 Å². The van der Waals surface area contributed by atoms with E-state index >= 15 is 0 Å². The molecule has 1 aromatic carbocycles. The molecule has 0 spiro atoms. The molecule has 0 aliphatic heterocycles. The van der Waals surface area contributed by atoms with Crippen LogP contribution in [0, 0.1) is 0 Å². The summed E-state index contributed by atoms with van der Waals surface area (Å²) in [7, 11) is 2.22. The van der Waals surface area contributed by atoms with Crippen molar-refractivity contribution in [3.63, 3.8) is 0 Å². The number of hydrogen-bond acceptors (Lipinski definition) is 2. The summed E-state index contributed by atoms with van der Waals surface area (Å²) in [6, 6.07) is 8.17. The van der Waals surface area contributed by atoms with Gasteiger partial charge in [0.05, 0.1) is 0 Å². The summed E-state index contributed by atoms with van der Waals surface area (Å²) in [5.41, 5.74) is 7.62. The Bertz CT molecular complexity index is 411. The first-order valence-electron chi connectivity index (χ1n) is 7.82. The standard InChI is InChI=1S/C17H27ClN2/c1-20(13-15-8-7-9-16(18)12-15)17(14-19)10-5-3-2-4-6-11-17/h7-9,12H,2-6,10-11,13-14,19H2,1H3. The Labute approximate surface area is 128 Å². The van der Waals surface area contributed by atoms with E-state index in [1.807, 2.05) is 12.1 Å². The first kappa shape index (κ1) is 15.8. The minimum atomic E-state index is 0.169. The molecule has 0 radical (unpaired) electrons. The number of halogens is 1. The third-order valence-electron chi connectivity index (χ3n) is 4.78. The highest BCUT2D eigenvalue weighted by atomic mass is 35.5. The first-order valence-corrected chi connectivity index (χ1v) is 8.20. The van der Waals surface area contributed by atoms with Gasteiger partial charge in [-0.2, -0.15) is 0 Å². The summed E-state index contributed by atoms with van der Waals surface area (Å²) in [4.78, 5) is 2.46. The quantitative estimate of drug-likeness (QED) is 0.901. The van der Waals surface area contributed by atoms with Gasteiger partial charge < -0.3 is 5.73 Å². The Kier molecular flexibility index (Phi) is 5.88. The van der Waals surface area contributed by atoms with Crippen molar-refractivity contribution in [1.29, 1.82) is 0 Å². The van der Waals surface area contributed by atoms with Crippen LogP contribution in [0.25, 0.3) is 0 Å². The average Bonchev–Trinajstić information content (AvgIpc) is 2.39. The third-order valence-corrected chi connectivity index (χ3v) is 5.02. The van der Waals surface area contributed by atoms with E-state index in [0.29, 0.717) is 0 Å². The van der Waals surface area contributed by atoms with Crippen LogP contribution in [0.2, 0.25) is 5.02 Å². The summed E-state index contributed by atoms with van der Waals surface area (Å²) in [5.74, 6) is 0. The Morgan fingerprint density at radius 1 is 1.15 bits per heavy atom. The highest BCUT2D eigenvalue weighted by molar-refractivity contribution is 6.30. The number of nitrogens with two attached hydrogens (primary N) is 1. The van der Waals surface area contributed by atoms with Crippen molar-refractivity contribution in [3.8, 4) is 0 Å². The maximum atomic E-state index is 6.18. The molecule has 0 atom stereocenters. The average molecular weight is 295 g/mol. The molecular weight excluding hydrogens is 268 g/mol. The van der Waals surface area contributed by atoms with Gasteiger partial charge in [0, 0.05) is 23.7 Å². The Balaban J connectivity index is 2.08. The molecule has 1 saturated carbocycles. The van der Waals surface area contributed by atoms with Gasteiger partial charge >= 0.3 is 0 Å². The van der Waals surface area contributed by atoms with Crippen molar-refractivity contribution in [1.82, 2.24) is 4.90 Å². The lowest BCUT2D eigenvalue weighted by Gasteiger charge is -2.43. The van der Waals surface area contributed by atoms with Gasteiger partial charge in [-0.1, -0.05) is 55.8 Å². The number of nitrogens with zero attached hydrogens (tertiary/aromatic N) is 1. The minimum absolute atomic E-state index is 0.169. The van der Waals surface area contributed by atoms with Gasteiger partial charge in [-0.25, -0.2) is 0 Å². The van der Waals surface area contributed by atoms with Crippen molar-refractivity contribution in [2.45, 2.75) is 57.0 Å². The fourth-order valence-corrected chi connectivity index (χ4v) is 3.59. The lowest BCUT2D eigenvalue weighted by Crippen LogP contribution is -2.52. The van der Waals surface area contributed by atoms with E-state index < -0.39 is 0 Å². The maximum absolute atomic E-state index is 6.18. The Morgan fingerprint density at radius 2 is 1.80 bits per heavy atom. The maximum Gasteiger partial charge on any atom is 0.0409 e. The van der Waals surface area contributed by atoms with Crippen LogP contribution in [-0.2, 0) is 6.54 Å². The van der Waals surface area contributed by atoms with E-state index in [1.165, 1.54) is 50.5 Å². The van der Waals surface area contributed by atoms with Gasteiger partial charge in [-0.15, -0.1) is 0 Å². The van der Waals surface area contributed by atoms with E-state index in [9.17, 15) is 0 Å². The van der Waals surface area contributed by atoms with Crippen LogP contribution >= 0.6 is 11.6 Å². The normalized spacial score (nSPS) is 19.6. The molecule has 0 bridgehead atoms. The van der Waals surface area contributed by atoms with Gasteiger partial charge in [0.15, 0.2) is 0 Å². The zero-order valence-electron chi connectivity index (χ0n) is 12.6. The Morgan fingerprint density at radius 3 is 2.40 bits per heavy atom. The van der Waals surface area contributed by atoms with E-state index in [4.69, 9.17) is 17.3 Å². The van der Waals surface area contributed by atoms with E-state index in [1.54, 1.807) is 0 Å². The van der Waals surface area contributed by atoms with Crippen LogP contribution in [0.15, 0.2) is 24.3 Å². The second-order valence-electron chi connectivity index (χ2n) is 6.18. The molecule has 0 heterocycles. The van der Waals surface area contributed by atoms with Crippen molar-refractivity contribution in [2.24, 2.45) is 5.73 Å². The molecule has 0 unspecified atom stereocenters. The molecule has 1 aliphatic rings. The first-order chi connectivity index (χ1) is 9.66. The number of hydrogen-bond donors (Lipinski definition) is 1. The third kappa shape index (κ3) is 3.97. The predicted molar refractivity (Wildman–Crippen MR) is 87.0 cm³/mol. The molecule has 2 nitrogen and oxygen atoms in total. The van der Waals surface area contributed by atoms with E-state index in [0.717, 1.165) is 18.1 Å². The largest absolute Gasteiger partial charge is 0.329 e. The summed E-state index contributed by atoms with van der Waals surface area (Å²) in [5, 5.41) is 0.815. The number of rotatable bonds is 4. The number of likely N-dealkylation sites (N-methyl/N-ethyl adjacent to an activating group) is 1. The molecular formula is C17H27ClN2. The van der Waals surface area contributed by atoms with E-state index in [-0.39, 0.29) is 5.54 Å². The van der Waals surface area contributed by atoms with Crippen molar-refractivity contribution >= 4 is 11.6 Å². The van der Waals surface area contributed by atoms with E-state index in [2.05, 4.69) is 24.1 Å². The van der Waals surface area contributed by atoms with Gasteiger partial charge in [0.25, 0.3) is 0 Å². The second kappa shape index (κ2) is 7.44. The minimum Gasteiger partial charge on any atom is -0.329 e. The molecule has 20 heavy (non-hydrogen) atoms. The lowest BCUT2D eigenvalue weighted by molar-refractivity contribution is 0.0865. The molecule has 0 amide bonds. The predicted octanol–water partition coefficient (Wildman–Crippen LogP) is 4.21. The zero-order valence-corrected chi connectivity index (χ0v) is 13.3. The highest BCUT2D eigenvalue weighted by Crippen LogP contribution is 2.31. The molecule has 2 rings (SSSR count). The fraction of sp³-hybridized carbons (Fsp3) is 0.647. The van der Waals surface area contributed by atoms with Crippen LogP contribution < -0.4 is 5.73 Å². The van der Waals surface area contributed by atoms with Gasteiger partial charge in [-0.3, -0.25) is 4.90 Å². The Hall–Kier alpha value is -0.570. The van der Waals surface area contributed by atoms with Gasteiger partial charge in [0.1, 0.15) is 0 Å². The topological polar surface area (TPSA) is 29.3 Å². The monoisotopic (exact) mass is 294 g/mol.